The molecule has 3 aromatic carbocycles. The fourth-order valence-electron chi connectivity index (χ4n) is 3.80. The molecule has 1 heterocycles. The molecule has 1 aliphatic rings. The molecule has 0 spiro atoms. The van der Waals surface area contributed by atoms with Gasteiger partial charge in [0.25, 0.3) is 5.91 Å². The average molecular weight is 389 g/mol. The van der Waals surface area contributed by atoms with Gasteiger partial charge in [-0.3, -0.25) is 9.69 Å². The van der Waals surface area contributed by atoms with Crippen LogP contribution in [0.15, 0.2) is 60.7 Å². The summed E-state index contributed by atoms with van der Waals surface area (Å²) in [5, 5.41) is 4.85. The van der Waals surface area contributed by atoms with Crippen molar-refractivity contribution in [2.75, 3.05) is 37.3 Å². The molecule has 5 heteroatoms. The standard InChI is InChI=1S/C24H27N3O2/c25-22-12-13-23(21-7-3-2-6-20(21)22)26-24(28)18-8-10-19(11-9-18)29-17-16-27-14-4-1-5-15-27/h2-3,6-13H,1,4-5,14-17,25H2,(H,26,28). The van der Waals surface area contributed by atoms with Gasteiger partial charge in [-0.15, -0.1) is 0 Å². The lowest BCUT2D eigenvalue weighted by molar-refractivity contribution is 0.102. The van der Waals surface area contributed by atoms with Crippen molar-refractivity contribution in [3.8, 4) is 5.75 Å². The van der Waals surface area contributed by atoms with Crippen LogP contribution in [0.1, 0.15) is 29.6 Å². The van der Waals surface area contributed by atoms with Gasteiger partial charge < -0.3 is 15.8 Å². The summed E-state index contributed by atoms with van der Waals surface area (Å²) in [6.07, 6.45) is 3.91. The number of nitrogens with two attached hydrogens (primary N) is 1. The maximum absolute atomic E-state index is 12.7. The Morgan fingerprint density at radius 1 is 0.931 bits per heavy atom. The topological polar surface area (TPSA) is 67.6 Å². The molecule has 0 unspecified atom stereocenters. The van der Waals surface area contributed by atoms with Crippen molar-refractivity contribution in [2.45, 2.75) is 19.3 Å². The SMILES string of the molecule is Nc1ccc(NC(=O)c2ccc(OCCN3CCCCC3)cc2)c2ccccc12. The van der Waals surface area contributed by atoms with Crippen molar-refractivity contribution in [3.63, 3.8) is 0 Å². The smallest absolute Gasteiger partial charge is 0.255 e. The van der Waals surface area contributed by atoms with E-state index in [4.69, 9.17) is 10.5 Å². The highest BCUT2D eigenvalue weighted by atomic mass is 16.5. The zero-order valence-corrected chi connectivity index (χ0v) is 16.6. The molecule has 29 heavy (non-hydrogen) atoms. The molecule has 0 aliphatic carbocycles. The van der Waals surface area contributed by atoms with Gasteiger partial charge in [0.15, 0.2) is 0 Å². The summed E-state index contributed by atoms with van der Waals surface area (Å²) in [6.45, 7) is 3.96. The van der Waals surface area contributed by atoms with Crippen molar-refractivity contribution in [3.05, 3.63) is 66.2 Å². The fraction of sp³-hybridized carbons (Fsp3) is 0.292. The molecule has 4 rings (SSSR count). The molecule has 1 saturated heterocycles. The third kappa shape index (κ3) is 4.69. The first-order chi connectivity index (χ1) is 14.2. The number of piperidine rings is 1. The molecule has 1 amide bonds. The third-order valence-electron chi connectivity index (χ3n) is 5.45. The van der Waals surface area contributed by atoms with E-state index in [0.29, 0.717) is 17.9 Å². The van der Waals surface area contributed by atoms with E-state index in [1.165, 1.54) is 32.4 Å². The van der Waals surface area contributed by atoms with Gasteiger partial charge >= 0.3 is 0 Å². The first kappa shape index (κ1) is 19.3. The minimum atomic E-state index is -0.153. The summed E-state index contributed by atoms with van der Waals surface area (Å²) in [4.78, 5) is 15.1. The highest BCUT2D eigenvalue weighted by Crippen LogP contribution is 2.28. The van der Waals surface area contributed by atoms with Crippen LogP contribution in [0.5, 0.6) is 5.75 Å². The molecule has 0 bridgehead atoms. The zero-order valence-electron chi connectivity index (χ0n) is 16.6. The second-order valence-electron chi connectivity index (χ2n) is 7.48. The second kappa shape index (κ2) is 8.97. The quantitative estimate of drug-likeness (QED) is 0.608. The number of hydrogen-bond donors (Lipinski definition) is 2. The van der Waals surface area contributed by atoms with Gasteiger partial charge in [-0.2, -0.15) is 0 Å². The number of anilines is 2. The second-order valence-corrected chi connectivity index (χ2v) is 7.48. The third-order valence-corrected chi connectivity index (χ3v) is 5.45. The number of nitrogen functional groups attached to an aromatic ring is 1. The summed E-state index contributed by atoms with van der Waals surface area (Å²) in [5.41, 5.74) is 8.08. The predicted molar refractivity (Wildman–Crippen MR) is 119 cm³/mol. The minimum Gasteiger partial charge on any atom is -0.492 e. The Bertz CT molecular complexity index is 979. The van der Waals surface area contributed by atoms with Gasteiger partial charge in [-0.1, -0.05) is 30.7 Å². The molecule has 3 aromatic rings. The van der Waals surface area contributed by atoms with Gasteiger partial charge in [0, 0.05) is 34.3 Å². The lowest BCUT2D eigenvalue weighted by Gasteiger charge is -2.26. The number of ether oxygens (including phenoxy) is 1. The first-order valence-electron chi connectivity index (χ1n) is 10.2. The van der Waals surface area contributed by atoms with Crippen molar-refractivity contribution in [2.24, 2.45) is 0 Å². The van der Waals surface area contributed by atoms with E-state index in [1.807, 2.05) is 48.5 Å². The maximum atomic E-state index is 12.7. The van der Waals surface area contributed by atoms with Crippen LogP contribution in [0.25, 0.3) is 10.8 Å². The first-order valence-corrected chi connectivity index (χ1v) is 10.2. The number of rotatable bonds is 6. The van der Waals surface area contributed by atoms with E-state index in [9.17, 15) is 4.79 Å². The molecule has 1 fully saturated rings. The number of likely N-dealkylation sites (tertiary alicyclic amines) is 1. The van der Waals surface area contributed by atoms with Gasteiger partial charge in [0.2, 0.25) is 0 Å². The number of benzene rings is 3. The van der Waals surface area contributed by atoms with E-state index in [-0.39, 0.29) is 5.91 Å². The molecule has 0 saturated carbocycles. The number of carbonyl (C=O) groups excluding carboxylic acids is 1. The highest BCUT2D eigenvalue weighted by Gasteiger charge is 2.11. The van der Waals surface area contributed by atoms with Crippen molar-refractivity contribution in [1.82, 2.24) is 4.90 Å². The Morgan fingerprint density at radius 3 is 2.41 bits per heavy atom. The Kier molecular flexibility index (Phi) is 5.96. The van der Waals surface area contributed by atoms with E-state index in [2.05, 4.69) is 10.2 Å². The minimum absolute atomic E-state index is 0.153. The van der Waals surface area contributed by atoms with E-state index in [0.717, 1.165) is 28.8 Å². The summed E-state index contributed by atoms with van der Waals surface area (Å²) in [6, 6.07) is 18.7. The predicted octanol–water partition coefficient (Wildman–Crippen LogP) is 4.54. The lowest BCUT2D eigenvalue weighted by Crippen LogP contribution is -2.33. The molecular weight excluding hydrogens is 362 g/mol. The van der Waals surface area contributed by atoms with E-state index < -0.39 is 0 Å². The molecule has 1 aliphatic heterocycles. The van der Waals surface area contributed by atoms with Gasteiger partial charge in [-0.25, -0.2) is 0 Å². The monoisotopic (exact) mass is 389 g/mol. The average Bonchev–Trinajstić information content (AvgIpc) is 2.77. The van der Waals surface area contributed by atoms with Crippen molar-refractivity contribution < 1.29 is 9.53 Å². The Balaban J connectivity index is 1.36. The number of hydrogen-bond acceptors (Lipinski definition) is 4. The van der Waals surface area contributed by atoms with Crippen LogP contribution in [0.4, 0.5) is 11.4 Å². The van der Waals surface area contributed by atoms with Crippen molar-refractivity contribution >= 4 is 28.1 Å². The van der Waals surface area contributed by atoms with Crippen LogP contribution in [-0.4, -0.2) is 37.0 Å². The molecule has 0 aromatic heterocycles. The van der Waals surface area contributed by atoms with E-state index in [1.54, 1.807) is 12.1 Å². The van der Waals surface area contributed by atoms with E-state index >= 15 is 0 Å². The summed E-state index contributed by atoms with van der Waals surface area (Å²) in [5.74, 6) is 0.635. The summed E-state index contributed by atoms with van der Waals surface area (Å²) < 4.78 is 5.85. The molecular formula is C24H27N3O2. The Labute approximate surface area is 171 Å². The number of fused-ring (bicyclic) bond motifs is 1. The van der Waals surface area contributed by atoms with Crippen LogP contribution < -0.4 is 15.8 Å². The van der Waals surface area contributed by atoms with Crippen molar-refractivity contribution in [1.29, 1.82) is 0 Å². The van der Waals surface area contributed by atoms with Crippen LogP contribution in [0.2, 0.25) is 0 Å². The molecule has 3 N–H and O–H groups in total. The van der Waals surface area contributed by atoms with Gasteiger partial charge in [0.1, 0.15) is 12.4 Å². The van der Waals surface area contributed by atoms with Gasteiger partial charge in [0.05, 0.1) is 0 Å². The molecule has 0 radical (unpaired) electrons. The van der Waals surface area contributed by atoms with Crippen LogP contribution in [-0.2, 0) is 0 Å². The number of amides is 1. The maximum Gasteiger partial charge on any atom is 0.255 e. The normalized spacial score (nSPS) is 14.6. The summed E-state index contributed by atoms with van der Waals surface area (Å²) >= 11 is 0. The molecule has 5 nitrogen and oxygen atoms in total. The molecule has 150 valence electrons. The highest BCUT2D eigenvalue weighted by molar-refractivity contribution is 6.11. The fourth-order valence-corrected chi connectivity index (χ4v) is 3.80. The number of nitrogens with one attached hydrogen (secondary N) is 1. The number of carbonyl (C=O) groups is 1. The van der Waals surface area contributed by atoms with Crippen LogP contribution in [0.3, 0.4) is 0 Å². The van der Waals surface area contributed by atoms with Crippen LogP contribution >= 0.6 is 0 Å². The zero-order chi connectivity index (χ0) is 20.1. The number of nitrogens with zero attached hydrogens (tertiary/aromatic N) is 1. The van der Waals surface area contributed by atoms with Crippen LogP contribution in [0, 0.1) is 0 Å². The Morgan fingerprint density at radius 2 is 1.66 bits per heavy atom. The molecule has 0 atom stereocenters. The summed E-state index contributed by atoms with van der Waals surface area (Å²) in [7, 11) is 0. The lowest BCUT2D eigenvalue weighted by atomic mass is 10.1. The Hall–Kier alpha value is -3.05. The largest absolute Gasteiger partial charge is 0.492 e. The van der Waals surface area contributed by atoms with Gasteiger partial charge in [-0.05, 0) is 62.3 Å².